The standard InChI is InChI=1S/C15H17ClN4O/c16-10-3-4-13(21)11(7-10)15-18-6-5-14(20-15)19-8-12(17)9-1-2-9/h3-7,9,12,21H,1-2,8,17H2,(H,18,19,20)/t12-/m0/s1. The van der Waals surface area contributed by atoms with Crippen molar-refractivity contribution in [3.8, 4) is 17.1 Å². The Kier molecular flexibility index (Phi) is 3.94. The Hall–Kier alpha value is -1.85. The Morgan fingerprint density at radius 2 is 2.19 bits per heavy atom. The van der Waals surface area contributed by atoms with Gasteiger partial charge in [-0.25, -0.2) is 9.97 Å². The third-order valence-corrected chi connectivity index (χ3v) is 3.84. The summed E-state index contributed by atoms with van der Waals surface area (Å²) in [4.78, 5) is 8.59. The van der Waals surface area contributed by atoms with E-state index in [0.29, 0.717) is 34.7 Å². The summed E-state index contributed by atoms with van der Waals surface area (Å²) in [6.45, 7) is 0.683. The largest absolute Gasteiger partial charge is 0.507 e. The summed E-state index contributed by atoms with van der Waals surface area (Å²) in [6, 6.07) is 6.74. The van der Waals surface area contributed by atoms with Gasteiger partial charge in [0.05, 0.1) is 5.56 Å². The fourth-order valence-corrected chi connectivity index (χ4v) is 2.36. The molecule has 0 bridgehead atoms. The lowest BCUT2D eigenvalue weighted by molar-refractivity contribution is 0.477. The summed E-state index contributed by atoms with van der Waals surface area (Å²) in [6.07, 6.45) is 4.08. The molecule has 0 saturated heterocycles. The highest BCUT2D eigenvalue weighted by Crippen LogP contribution is 2.32. The van der Waals surface area contributed by atoms with E-state index in [1.165, 1.54) is 18.9 Å². The molecule has 1 saturated carbocycles. The van der Waals surface area contributed by atoms with Crippen molar-refractivity contribution in [1.29, 1.82) is 0 Å². The molecule has 1 atom stereocenters. The first kappa shape index (κ1) is 14.1. The number of aromatic nitrogens is 2. The zero-order valence-corrected chi connectivity index (χ0v) is 12.2. The van der Waals surface area contributed by atoms with Crippen molar-refractivity contribution in [3.05, 3.63) is 35.5 Å². The fourth-order valence-electron chi connectivity index (χ4n) is 2.19. The number of rotatable bonds is 5. The highest BCUT2D eigenvalue weighted by atomic mass is 35.5. The second-order valence-electron chi connectivity index (χ2n) is 5.31. The Balaban J connectivity index is 1.77. The summed E-state index contributed by atoms with van der Waals surface area (Å²) < 4.78 is 0. The lowest BCUT2D eigenvalue weighted by atomic mass is 10.2. The quantitative estimate of drug-likeness (QED) is 0.791. The summed E-state index contributed by atoms with van der Waals surface area (Å²) in [7, 11) is 0. The molecule has 0 aliphatic heterocycles. The molecule has 1 heterocycles. The average molecular weight is 305 g/mol. The number of hydrogen-bond donors (Lipinski definition) is 3. The van der Waals surface area contributed by atoms with Gasteiger partial charge in [0.2, 0.25) is 0 Å². The van der Waals surface area contributed by atoms with E-state index in [2.05, 4.69) is 15.3 Å². The van der Waals surface area contributed by atoms with Gasteiger partial charge in [0.15, 0.2) is 5.82 Å². The summed E-state index contributed by atoms with van der Waals surface area (Å²) in [5, 5.41) is 13.6. The first-order chi connectivity index (χ1) is 10.1. The van der Waals surface area contributed by atoms with E-state index >= 15 is 0 Å². The van der Waals surface area contributed by atoms with Crippen LogP contribution in [-0.2, 0) is 0 Å². The van der Waals surface area contributed by atoms with Gasteiger partial charge in [-0.2, -0.15) is 0 Å². The minimum absolute atomic E-state index is 0.103. The average Bonchev–Trinajstić information content (AvgIpc) is 3.32. The highest BCUT2D eigenvalue weighted by Gasteiger charge is 2.28. The molecular weight excluding hydrogens is 288 g/mol. The van der Waals surface area contributed by atoms with Gasteiger partial charge in [0.1, 0.15) is 11.6 Å². The minimum atomic E-state index is 0.103. The van der Waals surface area contributed by atoms with Crippen LogP contribution in [0.5, 0.6) is 5.75 Å². The number of phenolic OH excluding ortho intramolecular Hbond substituents is 1. The molecule has 1 aliphatic carbocycles. The Morgan fingerprint density at radius 3 is 2.95 bits per heavy atom. The Morgan fingerprint density at radius 1 is 1.38 bits per heavy atom. The van der Waals surface area contributed by atoms with E-state index in [0.717, 1.165) is 0 Å². The molecular formula is C15H17ClN4O. The summed E-state index contributed by atoms with van der Waals surface area (Å²) >= 11 is 5.95. The van der Waals surface area contributed by atoms with E-state index in [1.54, 1.807) is 24.4 Å². The van der Waals surface area contributed by atoms with Crippen molar-refractivity contribution in [2.75, 3.05) is 11.9 Å². The number of hydrogen-bond acceptors (Lipinski definition) is 5. The Labute approximate surface area is 128 Å². The third kappa shape index (κ3) is 3.43. The number of nitrogens with one attached hydrogen (secondary N) is 1. The normalized spacial score (nSPS) is 15.7. The van der Waals surface area contributed by atoms with Crippen molar-refractivity contribution >= 4 is 17.4 Å². The van der Waals surface area contributed by atoms with Crippen LogP contribution in [0, 0.1) is 5.92 Å². The molecule has 0 radical (unpaired) electrons. The van der Waals surface area contributed by atoms with Crippen LogP contribution in [0.15, 0.2) is 30.5 Å². The molecule has 4 N–H and O–H groups in total. The van der Waals surface area contributed by atoms with Crippen LogP contribution >= 0.6 is 11.6 Å². The van der Waals surface area contributed by atoms with Crippen molar-refractivity contribution in [2.45, 2.75) is 18.9 Å². The van der Waals surface area contributed by atoms with Gasteiger partial charge in [-0.15, -0.1) is 0 Å². The zero-order chi connectivity index (χ0) is 14.8. The van der Waals surface area contributed by atoms with E-state index < -0.39 is 0 Å². The molecule has 2 aromatic rings. The molecule has 3 rings (SSSR count). The molecule has 110 valence electrons. The molecule has 1 aliphatic rings. The first-order valence-electron chi connectivity index (χ1n) is 6.95. The van der Waals surface area contributed by atoms with E-state index in [-0.39, 0.29) is 11.8 Å². The number of nitrogens with zero attached hydrogens (tertiary/aromatic N) is 2. The molecule has 6 heteroatoms. The number of nitrogens with two attached hydrogens (primary N) is 1. The van der Waals surface area contributed by atoms with E-state index in [9.17, 15) is 5.11 Å². The molecule has 0 unspecified atom stereocenters. The smallest absolute Gasteiger partial charge is 0.165 e. The van der Waals surface area contributed by atoms with Crippen LogP contribution in [0.2, 0.25) is 5.02 Å². The molecule has 1 aromatic heterocycles. The number of phenols is 1. The lowest BCUT2D eigenvalue weighted by Gasteiger charge is -2.12. The number of aromatic hydroxyl groups is 1. The third-order valence-electron chi connectivity index (χ3n) is 3.60. The monoisotopic (exact) mass is 304 g/mol. The van der Waals surface area contributed by atoms with Crippen LogP contribution < -0.4 is 11.1 Å². The van der Waals surface area contributed by atoms with Gasteiger partial charge in [-0.05, 0) is 43.0 Å². The molecule has 21 heavy (non-hydrogen) atoms. The van der Waals surface area contributed by atoms with Crippen LogP contribution in [-0.4, -0.2) is 27.7 Å². The van der Waals surface area contributed by atoms with Crippen molar-refractivity contribution in [2.24, 2.45) is 11.7 Å². The number of anilines is 1. The summed E-state index contributed by atoms with van der Waals surface area (Å²) in [5.41, 5.74) is 6.57. The maximum absolute atomic E-state index is 9.90. The van der Waals surface area contributed by atoms with Gasteiger partial charge in [-0.3, -0.25) is 0 Å². The van der Waals surface area contributed by atoms with Crippen LogP contribution in [0.25, 0.3) is 11.4 Å². The van der Waals surface area contributed by atoms with Crippen molar-refractivity contribution in [1.82, 2.24) is 9.97 Å². The SMILES string of the molecule is N[C@@H](CNc1ccnc(-c2cc(Cl)ccc2O)n1)C1CC1. The minimum Gasteiger partial charge on any atom is -0.507 e. The summed E-state index contributed by atoms with van der Waals surface area (Å²) in [5.74, 6) is 1.86. The van der Waals surface area contributed by atoms with Gasteiger partial charge in [0.25, 0.3) is 0 Å². The fraction of sp³-hybridized carbons (Fsp3) is 0.333. The van der Waals surface area contributed by atoms with Gasteiger partial charge in [0, 0.05) is 23.8 Å². The molecule has 0 amide bonds. The van der Waals surface area contributed by atoms with Crippen LogP contribution in [0.1, 0.15) is 12.8 Å². The van der Waals surface area contributed by atoms with Crippen molar-refractivity contribution in [3.63, 3.8) is 0 Å². The van der Waals surface area contributed by atoms with Crippen molar-refractivity contribution < 1.29 is 5.11 Å². The van der Waals surface area contributed by atoms with Gasteiger partial charge in [-0.1, -0.05) is 11.6 Å². The molecule has 0 spiro atoms. The second-order valence-corrected chi connectivity index (χ2v) is 5.75. The maximum atomic E-state index is 9.90. The Bertz CT molecular complexity index is 645. The predicted octanol–water partition coefficient (Wildman–Crippen LogP) is 2.65. The highest BCUT2D eigenvalue weighted by molar-refractivity contribution is 6.30. The zero-order valence-electron chi connectivity index (χ0n) is 11.5. The number of benzene rings is 1. The molecule has 1 aromatic carbocycles. The first-order valence-corrected chi connectivity index (χ1v) is 7.32. The van der Waals surface area contributed by atoms with Crippen LogP contribution in [0.4, 0.5) is 5.82 Å². The molecule has 1 fully saturated rings. The predicted molar refractivity (Wildman–Crippen MR) is 83.3 cm³/mol. The van der Waals surface area contributed by atoms with E-state index in [1.807, 2.05) is 0 Å². The van der Waals surface area contributed by atoms with Gasteiger partial charge >= 0.3 is 0 Å². The lowest BCUT2D eigenvalue weighted by Crippen LogP contribution is -2.31. The van der Waals surface area contributed by atoms with Gasteiger partial charge < -0.3 is 16.2 Å². The molecule has 5 nitrogen and oxygen atoms in total. The van der Waals surface area contributed by atoms with Crippen LogP contribution in [0.3, 0.4) is 0 Å². The number of halogens is 1. The van der Waals surface area contributed by atoms with E-state index in [4.69, 9.17) is 17.3 Å². The second kappa shape index (κ2) is 5.87. The maximum Gasteiger partial charge on any atom is 0.165 e. The topological polar surface area (TPSA) is 84.1 Å².